The Bertz CT molecular complexity index is 579. The fourth-order valence-corrected chi connectivity index (χ4v) is 4.42. The average molecular weight is 316 g/mol. The molecular weight excluding hydrogens is 286 g/mol. The lowest BCUT2D eigenvalue weighted by Crippen LogP contribution is -3.18. The SMILES string of the molecule is Cc1cc(C)c(C(=O)OC[C@@H]2CCC[NH+]3CCCC[C@H]23)cc1C. The van der Waals surface area contributed by atoms with Crippen molar-refractivity contribution in [2.24, 2.45) is 5.92 Å². The van der Waals surface area contributed by atoms with E-state index in [2.05, 4.69) is 19.9 Å². The normalized spacial score (nSPS) is 27.3. The molecule has 23 heavy (non-hydrogen) atoms. The van der Waals surface area contributed by atoms with Crippen LogP contribution in [0.3, 0.4) is 0 Å². The number of hydrogen-bond donors (Lipinski definition) is 1. The van der Waals surface area contributed by atoms with Gasteiger partial charge in [-0.3, -0.25) is 0 Å². The van der Waals surface area contributed by atoms with E-state index in [1.165, 1.54) is 50.8 Å². The molecule has 2 aliphatic heterocycles. The molecule has 0 aromatic heterocycles. The van der Waals surface area contributed by atoms with Crippen LogP contribution >= 0.6 is 0 Å². The molecule has 3 atom stereocenters. The summed E-state index contributed by atoms with van der Waals surface area (Å²) in [4.78, 5) is 14.3. The van der Waals surface area contributed by atoms with Gasteiger partial charge >= 0.3 is 5.97 Å². The smallest absolute Gasteiger partial charge is 0.338 e. The first kappa shape index (κ1) is 16.5. The lowest BCUT2D eigenvalue weighted by Gasteiger charge is -2.41. The van der Waals surface area contributed by atoms with Gasteiger partial charge in [0, 0.05) is 5.92 Å². The minimum absolute atomic E-state index is 0.145. The summed E-state index contributed by atoms with van der Waals surface area (Å²) in [6.45, 7) is 9.35. The highest BCUT2D eigenvalue weighted by Crippen LogP contribution is 2.22. The topological polar surface area (TPSA) is 30.7 Å². The Hall–Kier alpha value is -1.35. The average Bonchev–Trinajstić information content (AvgIpc) is 2.56. The Kier molecular flexibility index (Phi) is 5.05. The molecule has 2 fully saturated rings. The molecule has 3 nitrogen and oxygen atoms in total. The van der Waals surface area contributed by atoms with E-state index < -0.39 is 0 Å². The lowest BCUT2D eigenvalue weighted by atomic mass is 9.84. The zero-order chi connectivity index (χ0) is 16.4. The van der Waals surface area contributed by atoms with Gasteiger partial charge in [0.05, 0.1) is 24.7 Å². The van der Waals surface area contributed by atoms with Crippen molar-refractivity contribution >= 4 is 5.97 Å². The zero-order valence-electron chi connectivity index (χ0n) is 14.8. The number of nitrogens with one attached hydrogen (secondary N) is 1. The van der Waals surface area contributed by atoms with Gasteiger partial charge in [0.2, 0.25) is 0 Å². The number of aryl methyl sites for hydroxylation is 3. The van der Waals surface area contributed by atoms with Crippen LogP contribution in [0, 0.1) is 26.7 Å². The minimum Gasteiger partial charge on any atom is -0.462 e. The van der Waals surface area contributed by atoms with Gasteiger partial charge in [-0.25, -0.2) is 4.79 Å². The monoisotopic (exact) mass is 316 g/mol. The van der Waals surface area contributed by atoms with Crippen LogP contribution < -0.4 is 4.90 Å². The van der Waals surface area contributed by atoms with Crippen molar-refractivity contribution in [1.29, 1.82) is 0 Å². The highest BCUT2D eigenvalue weighted by Gasteiger charge is 2.37. The van der Waals surface area contributed by atoms with Crippen LogP contribution in [-0.2, 0) is 4.74 Å². The molecule has 0 saturated carbocycles. The van der Waals surface area contributed by atoms with E-state index in [1.54, 1.807) is 4.90 Å². The summed E-state index contributed by atoms with van der Waals surface area (Å²) in [7, 11) is 0. The molecule has 1 aromatic rings. The quantitative estimate of drug-likeness (QED) is 0.869. The maximum absolute atomic E-state index is 12.5. The van der Waals surface area contributed by atoms with E-state index in [0.717, 1.165) is 16.7 Å². The third-order valence-corrected chi connectivity index (χ3v) is 5.92. The van der Waals surface area contributed by atoms with Crippen LogP contribution in [0.5, 0.6) is 0 Å². The van der Waals surface area contributed by atoms with Crippen LogP contribution in [0.2, 0.25) is 0 Å². The van der Waals surface area contributed by atoms with Gasteiger partial charge in [-0.05, 0) is 75.6 Å². The molecule has 126 valence electrons. The molecule has 0 aliphatic carbocycles. The Morgan fingerprint density at radius 2 is 1.78 bits per heavy atom. The fraction of sp³-hybridized carbons (Fsp3) is 0.650. The first-order chi connectivity index (χ1) is 11.1. The predicted molar refractivity (Wildman–Crippen MR) is 92.0 cm³/mol. The summed E-state index contributed by atoms with van der Waals surface area (Å²) in [5.41, 5.74) is 4.14. The number of esters is 1. The Morgan fingerprint density at radius 3 is 2.61 bits per heavy atom. The van der Waals surface area contributed by atoms with E-state index in [9.17, 15) is 4.79 Å². The molecule has 0 spiro atoms. The van der Waals surface area contributed by atoms with E-state index >= 15 is 0 Å². The van der Waals surface area contributed by atoms with E-state index in [-0.39, 0.29) is 5.97 Å². The molecule has 0 bridgehead atoms. The molecule has 2 saturated heterocycles. The summed E-state index contributed by atoms with van der Waals surface area (Å²) in [5, 5.41) is 0. The summed E-state index contributed by atoms with van der Waals surface area (Å²) in [5.74, 6) is 0.406. The highest BCUT2D eigenvalue weighted by molar-refractivity contribution is 5.91. The molecule has 3 rings (SSSR count). The number of ether oxygens (including phenoxy) is 1. The highest BCUT2D eigenvalue weighted by atomic mass is 16.5. The lowest BCUT2D eigenvalue weighted by molar-refractivity contribution is -0.940. The van der Waals surface area contributed by atoms with Crippen molar-refractivity contribution in [3.05, 3.63) is 34.4 Å². The molecule has 1 unspecified atom stereocenters. The Labute approximate surface area is 140 Å². The molecule has 2 aliphatic rings. The molecular formula is C20H30NO2+. The van der Waals surface area contributed by atoms with Crippen molar-refractivity contribution in [3.8, 4) is 0 Å². The maximum Gasteiger partial charge on any atom is 0.338 e. The van der Waals surface area contributed by atoms with Crippen molar-refractivity contribution < 1.29 is 14.4 Å². The third-order valence-electron chi connectivity index (χ3n) is 5.92. The fourth-order valence-electron chi connectivity index (χ4n) is 4.42. The molecule has 1 aromatic carbocycles. The number of fused-ring (bicyclic) bond motifs is 1. The van der Waals surface area contributed by atoms with Gasteiger partial charge in [0.25, 0.3) is 0 Å². The maximum atomic E-state index is 12.5. The minimum atomic E-state index is -0.145. The van der Waals surface area contributed by atoms with Crippen LogP contribution in [-0.4, -0.2) is 31.7 Å². The van der Waals surface area contributed by atoms with Gasteiger partial charge in [0.15, 0.2) is 0 Å². The number of carbonyl (C=O) groups excluding carboxylic acids is 1. The van der Waals surface area contributed by atoms with Gasteiger partial charge in [-0.15, -0.1) is 0 Å². The second-order valence-electron chi connectivity index (χ2n) is 7.51. The van der Waals surface area contributed by atoms with Crippen LogP contribution in [0.15, 0.2) is 12.1 Å². The molecule has 2 heterocycles. The van der Waals surface area contributed by atoms with Gasteiger partial charge in [0.1, 0.15) is 6.61 Å². The van der Waals surface area contributed by atoms with Crippen molar-refractivity contribution in [2.45, 2.75) is 58.9 Å². The van der Waals surface area contributed by atoms with E-state index in [1.807, 2.05) is 13.0 Å². The summed E-state index contributed by atoms with van der Waals surface area (Å²) < 4.78 is 5.74. The van der Waals surface area contributed by atoms with Crippen molar-refractivity contribution in [1.82, 2.24) is 0 Å². The molecule has 0 radical (unpaired) electrons. The Balaban J connectivity index is 1.63. The second-order valence-corrected chi connectivity index (χ2v) is 7.51. The van der Waals surface area contributed by atoms with Crippen LogP contribution in [0.4, 0.5) is 0 Å². The van der Waals surface area contributed by atoms with Crippen molar-refractivity contribution in [2.75, 3.05) is 19.7 Å². The van der Waals surface area contributed by atoms with Crippen LogP contribution in [0.25, 0.3) is 0 Å². The summed E-state index contributed by atoms with van der Waals surface area (Å²) in [6.07, 6.45) is 6.50. The number of hydrogen-bond acceptors (Lipinski definition) is 2. The molecule has 1 N–H and O–H groups in total. The zero-order valence-corrected chi connectivity index (χ0v) is 14.8. The summed E-state index contributed by atoms with van der Waals surface area (Å²) >= 11 is 0. The predicted octanol–water partition coefficient (Wildman–Crippen LogP) is 2.62. The first-order valence-corrected chi connectivity index (χ1v) is 9.16. The summed E-state index contributed by atoms with van der Waals surface area (Å²) in [6, 6.07) is 4.78. The Morgan fingerprint density at radius 1 is 1.04 bits per heavy atom. The number of benzene rings is 1. The van der Waals surface area contributed by atoms with Crippen molar-refractivity contribution in [3.63, 3.8) is 0 Å². The molecule has 3 heteroatoms. The van der Waals surface area contributed by atoms with Gasteiger partial charge in [-0.2, -0.15) is 0 Å². The molecule has 0 amide bonds. The van der Waals surface area contributed by atoms with E-state index in [4.69, 9.17) is 4.74 Å². The number of piperidine rings is 2. The number of quaternary nitrogens is 1. The standard InChI is InChI=1S/C20H29NO2/c1-14-11-16(3)18(12-15(14)2)20(22)23-13-17-7-6-10-21-9-5-4-8-19(17)21/h11-12,17,19H,4-10,13H2,1-3H3/p+1/t17-,19+/m0/s1. The number of carbonyl (C=O) groups is 1. The number of rotatable bonds is 3. The third kappa shape index (κ3) is 3.60. The van der Waals surface area contributed by atoms with Gasteiger partial charge in [-0.1, -0.05) is 6.07 Å². The second kappa shape index (κ2) is 7.04. The van der Waals surface area contributed by atoms with E-state index in [0.29, 0.717) is 18.6 Å². The largest absolute Gasteiger partial charge is 0.462 e. The van der Waals surface area contributed by atoms with Gasteiger partial charge < -0.3 is 9.64 Å². The van der Waals surface area contributed by atoms with Crippen LogP contribution in [0.1, 0.15) is 59.2 Å². The first-order valence-electron chi connectivity index (χ1n) is 9.16.